The highest BCUT2D eigenvalue weighted by atomic mass is 16.5. The van der Waals surface area contributed by atoms with Crippen LogP contribution >= 0.6 is 0 Å². The molecule has 1 N–H and O–H groups in total. The Kier molecular flexibility index (Phi) is 2.52. The minimum atomic E-state index is -0.221. The van der Waals surface area contributed by atoms with Crippen molar-refractivity contribution in [3.63, 3.8) is 0 Å². The molecule has 1 atom stereocenters. The summed E-state index contributed by atoms with van der Waals surface area (Å²) in [4.78, 5) is 0. The van der Waals surface area contributed by atoms with E-state index in [9.17, 15) is 0 Å². The van der Waals surface area contributed by atoms with E-state index in [0.29, 0.717) is 6.61 Å². The van der Waals surface area contributed by atoms with E-state index in [0.717, 1.165) is 19.4 Å². The predicted molar refractivity (Wildman–Crippen MR) is 49.2 cm³/mol. The van der Waals surface area contributed by atoms with Gasteiger partial charge in [-0.1, -0.05) is 19.3 Å². The van der Waals surface area contributed by atoms with Gasteiger partial charge in [0.1, 0.15) is 0 Å². The number of morpholine rings is 1. The Morgan fingerprint density at radius 3 is 2.77 bits per heavy atom. The molecule has 0 aromatic carbocycles. The number of rotatable bonds is 0. The summed E-state index contributed by atoms with van der Waals surface area (Å²) in [7, 11) is 0. The Hall–Kier alpha value is -0.590. The van der Waals surface area contributed by atoms with Gasteiger partial charge in [-0.3, -0.25) is 0 Å². The summed E-state index contributed by atoms with van der Waals surface area (Å²) in [5, 5.41) is 12.5. The first-order valence-corrected chi connectivity index (χ1v) is 5.14. The molecule has 1 heterocycles. The van der Waals surface area contributed by atoms with Crippen LogP contribution in [-0.2, 0) is 4.74 Å². The third-order valence-electron chi connectivity index (χ3n) is 3.23. The van der Waals surface area contributed by atoms with E-state index in [-0.39, 0.29) is 11.6 Å². The maximum absolute atomic E-state index is 8.99. The van der Waals surface area contributed by atoms with Gasteiger partial charge < -0.3 is 10.1 Å². The van der Waals surface area contributed by atoms with Crippen LogP contribution in [0.3, 0.4) is 0 Å². The van der Waals surface area contributed by atoms with Gasteiger partial charge in [-0.25, -0.2) is 0 Å². The van der Waals surface area contributed by atoms with Crippen molar-refractivity contribution in [3.05, 3.63) is 0 Å². The van der Waals surface area contributed by atoms with Gasteiger partial charge in [-0.2, -0.15) is 5.26 Å². The number of hydrogen-bond acceptors (Lipinski definition) is 3. The molecule has 3 nitrogen and oxygen atoms in total. The number of nitrogens with zero attached hydrogens (tertiary/aromatic N) is 1. The zero-order chi connectivity index (χ0) is 9.15. The molecule has 72 valence electrons. The molecule has 0 aromatic rings. The summed E-state index contributed by atoms with van der Waals surface area (Å²) in [6.07, 6.45) is 5.75. The molecule has 13 heavy (non-hydrogen) atoms. The summed E-state index contributed by atoms with van der Waals surface area (Å²) in [5.74, 6) is 0. The van der Waals surface area contributed by atoms with E-state index < -0.39 is 0 Å². The molecule has 1 saturated carbocycles. The average molecular weight is 180 g/mol. The minimum Gasteiger partial charge on any atom is -0.360 e. The van der Waals surface area contributed by atoms with E-state index in [1.807, 2.05) is 0 Å². The molecular weight excluding hydrogens is 164 g/mol. The second-order valence-electron chi connectivity index (χ2n) is 4.02. The lowest BCUT2D eigenvalue weighted by molar-refractivity contribution is -0.0331. The third kappa shape index (κ3) is 1.56. The fourth-order valence-corrected chi connectivity index (χ4v) is 2.51. The van der Waals surface area contributed by atoms with Gasteiger partial charge in [-0.05, 0) is 12.8 Å². The maximum Gasteiger partial charge on any atom is 0.162 e. The molecule has 0 amide bonds. The van der Waals surface area contributed by atoms with Crippen LogP contribution in [0.25, 0.3) is 0 Å². The fraction of sp³-hybridized carbons (Fsp3) is 0.900. The van der Waals surface area contributed by atoms with Gasteiger partial charge in [0.05, 0.1) is 18.2 Å². The Morgan fingerprint density at radius 1 is 1.31 bits per heavy atom. The highest BCUT2D eigenvalue weighted by Gasteiger charge is 2.42. The quantitative estimate of drug-likeness (QED) is 0.609. The van der Waals surface area contributed by atoms with Crippen LogP contribution in [0.4, 0.5) is 0 Å². The monoisotopic (exact) mass is 180 g/mol. The molecule has 0 aromatic heterocycles. The molecule has 1 aliphatic carbocycles. The Labute approximate surface area is 79.1 Å². The number of ether oxygens (including phenoxy) is 1. The lowest BCUT2D eigenvalue weighted by atomic mass is 9.77. The van der Waals surface area contributed by atoms with Crippen molar-refractivity contribution >= 4 is 0 Å². The molecule has 1 saturated heterocycles. The summed E-state index contributed by atoms with van der Waals surface area (Å²) in [6.45, 7) is 1.58. The lowest BCUT2D eigenvalue weighted by Gasteiger charge is -2.44. The number of hydrogen-bond donors (Lipinski definition) is 1. The second kappa shape index (κ2) is 3.65. The van der Waals surface area contributed by atoms with Gasteiger partial charge in [0.15, 0.2) is 6.10 Å². The van der Waals surface area contributed by atoms with E-state index in [1.165, 1.54) is 19.3 Å². The fourth-order valence-electron chi connectivity index (χ4n) is 2.51. The summed E-state index contributed by atoms with van der Waals surface area (Å²) in [6, 6.07) is 2.28. The highest BCUT2D eigenvalue weighted by Crippen LogP contribution is 2.33. The van der Waals surface area contributed by atoms with Crippen molar-refractivity contribution in [3.8, 4) is 6.07 Å². The van der Waals surface area contributed by atoms with Crippen molar-refractivity contribution < 1.29 is 4.74 Å². The molecule has 1 unspecified atom stereocenters. The van der Waals surface area contributed by atoms with Gasteiger partial charge >= 0.3 is 0 Å². The normalized spacial score (nSPS) is 32.7. The zero-order valence-corrected chi connectivity index (χ0v) is 7.88. The molecule has 1 spiro atoms. The van der Waals surface area contributed by atoms with Crippen molar-refractivity contribution in [2.24, 2.45) is 0 Å². The van der Waals surface area contributed by atoms with Crippen LogP contribution < -0.4 is 5.32 Å². The number of nitriles is 1. The van der Waals surface area contributed by atoms with E-state index in [1.54, 1.807) is 0 Å². The summed E-state index contributed by atoms with van der Waals surface area (Å²) < 4.78 is 5.50. The van der Waals surface area contributed by atoms with Crippen LogP contribution in [0.2, 0.25) is 0 Å². The largest absolute Gasteiger partial charge is 0.360 e. The minimum absolute atomic E-state index is 0.00868. The van der Waals surface area contributed by atoms with E-state index >= 15 is 0 Å². The van der Waals surface area contributed by atoms with Crippen LogP contribution in [0.5, 0.6) is 0 Å². The Bertz CT molecular complexity index is 207. The van der Waals surface area contributed by atoms with E-state index in [2.05, 4.69) is 11.4 Å². The van der Waals surface area contributed by atoms with Crippen LogP contribution in [0.15, 0.2) is 0 Å². The van der Waals surface area contributed by atoms with Crippen LogP contribution in [-0.4, -0.2) is 24.8 Å². The smallest absolute Gasteiger partial charge is 0.162 e. The van der Waals surface area contributed by atoms with Crippen LogP contribution in [0.1, 0.15) is 32.1 Å². The number of nitrogens with one attached hydrogen (secondary N) is 1. The topological polar surface area (TPSA) is 45.0 Å². The second-order valence-corrected chi connectivity index (χ2v) is 4.02. The third-order valence-corrected chi connectivity index (χ3v) is 3.23. The van der Waals surface area contributed by atoms with Crippen molar-refractivity contribution in [2.45, 2.75) is 43.7 Å². The highest BCUT2D eigenvalue weighted by molar-refractivity contribution is 5.08. The summed E-state index contributed by atoms with van der Waals surface area (Å²) >= 11 is 0. The van der Waals surface area contributed by atoms with Crippen molar-refractivity contribution in [1.82, 2.24) is 5.32 Å². The molecule has 3 heteroatoms. The molecule has 1 aliphatic heterocycles. The van der Waals surface area contributed by atoms with E-state index in [4.69, 9.17) is 10.00 Å². The summed E-state index contributed by atoms with van der Waals surface area (Å²) in [5.41, 5.74) is -0.00868. The maximum atomic E-state index is 8.99. The Balaban J connectivity index is 2.11. The van der Waals surface area contributed by atoms with Crippen molar-refractivity contribution in [1.29, 1.82) is 5.26 Å². The lowest BCUT2D eigenvalue weighted by Crippen LogP contribution is -2.60. The van der Waals surface area contributed by atoms with Gasteiger partial charge in [0.2, 0.25) is 0 Å². The first-order valence-electron chi connectivity index (χ1n) is 5.14. The average Bonchev–Trinajstić information content (AvgIpc) is 2.20. The molecule has 0 radical (unpaired) electrons. The molecule has 2 rings (SSSR count). The molecule has 2 fully saturated rings. The first kappa shape index (κ1) is 8.98. The van der Waals surface area contributed by atoms with Crippen molar-refractivity contribution in [2.75, 3.05) is 13.2 Å². The molecule has 2 aliphatic rings. The van der Waals surface area contributed by atoms with Crippen LogP contribution in [0, 0.1) is 11.3 Å². The first-order chi connectivity index (χ1) is 6.37. The zero-order valence-electron chi connectivity index (χ0n) is 7.88. The Morgan fingerprint density at radius 2 is 2.08 bits per heavy atom. The van der Waals surface area contributed by atoms with Gasteiger partial charge in [0.25, 0.3) is 0 Å². The predicted octanol–water partition coefficient (Wildman–Crippen LogP) is 1.20. The molecule has 0 bridgehead atoms. The standard InChI is InChI=1S/C10H16N2O/c11-8-9-10(12-6-7-13-9)4-2-1-3-5-10/h9,12H,1-7H2. The molecular formula is C10H16N2O. The SMILES string of the molecule is N#CC1OCCNC12CCCCC2. The van der Waals surface area contributed by atoms with Gasteiger partial charge in [-0.15, -0.1) is 0 Å². The van der Waals surface area contributed by atoms with Gasteiger partial charge in [0, 0.05) is 6.54 Å².